The van der Waals surface area contributed by atoms with Gasteiger partial charge < -0.3 is 37.5 Å². The van der Waals surface area contributed by atoms with Crippen LogP contribution in [0.4, 0.5) is 0 Å². The molecule has 190 valence electrons. The summed E-state index contributed by atoms with van der Waals surface area (Å²) in [7, 11) is 0. The van der Waals surface area contributed by atoms with E-state index in [0.29, 0.717) is 0 Å². The molecule has 0 spiro atoms. The van der Waals surface area contributed by atoms with E-state index >= 15 is 0 Å². The summed E-state index contributed by atoms with van der Waals surface area (Å²) in [6, 6.07) is 4.41. The smallest absolute Gasteiger partial charge is 0.322 e. The van der Waals surface area contributed by atoms with Crippen molar-refractivity contribution in [2.24, 2.45) is 17.4 Å². The van der Waals surface area contributed by atoms with Crippen molar-refractivity contribution in [3.63, 3.8) is 0 Å². The van der Waals surface area contributed by atoms with Gasteiger partial charge in [0.25, 0.3) is 0 Å². The zero-order chi connectivity index (χ0) is 26.1. The van der Waals surface area contributed by atoms with E-state index in [1.165, 1.54) is 0 Å². The summed E-state index contributed by atoms with van der Waals surface area (Å²) in [6.45, 7) is 2.76. The Morgan fingerprint density at radius 1 is 1.03 bits per heavy atom. The van der Waals surface area contributed by atoms with E-state index in [0.717, 1.165) is 16.5 Å². The molecular weight excluding hydrogens is 456 g/mol. The third kappa shape index (κ3) is 8.10. The quantitative estimate of drug-likeness (QED) is 0.189. The van der Waals surface area contributed by atoms with Crippen molar-refractivity contribution in [2.45, 2.75) is 51.2 Å². The van der Waals surface area contributed by atoms with Gasteiger partial charge in [0.15, 0.2) is 0 Å². The summed E-state index contributed by atoms with van der Waals surface area (Å²) in [5.74, 6) is -4.33. The zero-order valence-corrected chi connectivity index (χ0v) is 19.7. The Balaban J connectivity index is 2.06. The normalized spacial score (nSPS) is 13.6. The van der Waals surface area contributed by atoms with Gasteiger partial charge in [-0.1, -0.05) is 32.0 Å². The fraction of sp³-hybridized carbons (Fsp3) is 0.435. The van der Waals surface area contributed by atoms with E-state index in [9.17, 15) is 24.0 Å². The van der Waals surface area contributed by atoms with Crippen molar-refractivity contribution in [3.05, 3.63) is 36.0 Å². The van der Waals surface area contributed by atoms with Crippen molar-refractivity contribution >= 4 is 40.5 Å². The number of amides is 4. The third-order valence-electron chi connectivity index (χ3n) is 5.42. The first-order chi connectivity index (χ1) is 16.5. The van der Waals surface area contributed by atoms with Crippen LogP contribution in [0.1, 0.15) is 32.3 Å². The van der Waals surface area contributed by atoms with Crippen molar-refractivity contribution in [1.29, 1.82) is 0 Å². The van der Waals surface area contributed by atoms with Crippen LogP contribution in [0.3, 0.4) is 0 Å². The molecule has 0 saturated carbocycles. The number of fused-ring (bicyclic) bond motifs is 1. The molecule has 35 heavy (non-hydrogen) atoms. The molecule has 12 nitrogen and oxygen atoms in total. The number of aromatic amines is 1. The second kappa shape index (κ2) is 12.5. The average Bonchev–Trinajstić information content (AvgIpc) is 3.20. The molecule has 1 aromatic heterocycles. The van der Waals surface area contributed by atoms with Crippen LogP contribution in [-0.2, 0) is 30.4 Å². The Bertz CT molecular complexity index is 1080. The fourth-order valence-corrected chi connectivity index (χ4v) is 3.53. The van der Waals surface area contributed by atoms with Crippen molar-refractivity contribution in [1.82, 2.24) is 20.9 Å². The highest BCUT2D eigenvalue weighted by molar-refractivity contribution is 5.94. The van der Waals surface area contributed by atoms with E-state index in [1.54, 1.807) is 20.0 Å². The van der Waals surface area contributed by atoms with Gasteiger partial charge >= 0.3 is 5.97 Å². The second-order valence-corrected chi connectivity index (χ2v) is 8.58. The van der Waals surface area contributed by atoms with Gasteiger partial charge in [0.05, 0.1) is 6.04 Å². The molecule has 0 radical (unpaired) electrons. The molecule has 0 fully saturated rings. The minimum Gasteiger partial charge on any atom is -0.480 e. The zero-order valence-electron chi connectivity index (χ0n) is 19.7. The van der Waals surface area contributed by atoms with Crippen LogP contribution >= 0.6 is 0 Å². The summed E-state index contributed by atoms with van der Waals surface area (Å²) in [4.78, 5) is 63.1. The SMILES string of the molecule is CC(C)C(NC(=O)C(N)Cc1c[nH]c2ccccc12)C(=O)NC(CCC(N)=O)C(=O)NCC(=O)O. The van der Waals surface area contributed by atoms with Gasteiger partial charge in [0.2, 0.25) is 23.6 Å². The van der Waals surface area contributed by atoms with Crippen LogP contribution in [0.5, 0.6) is 0 Å². The van der Waals surface area contributed by atoms with Gasteiger partial charge in [-0.3, -0.25) is 24.0 Å². The number of H-pyrrole nitrogens is 1. The maximum Gasteiger partial charge on any atom is 0.322 e. The van der Waals surface area contributed by atoms with Crippen molar-refractivity contribution in [3.8, 4) is 0 Å². The standard InChI is InChI=1S/C23H32N6O6/c1-12(2)20(23(35)28-17(7-8-18(25)30)22(34)27-11-19(31)32)29-21(33)15(24)9-13-10-26-16-6-4-3-5-14(13)16/h3-6,10,12,15,17,20,26H,7-9,11,24H2,1-2H3,(H2,25,30)(H,27,34)(H,28,35)(H,29,33)(H,31,32). The topological polar surface area (TPSA) is 209 Å². The molecule has 3 atom stereocenters. The van der Waals surface area contributed by atoms with Crippen LogP contribution in [0.15, 0.2) is 30.5 Å². The minimum absolute atomic E-state index is 0.134. The molecule has 0 saturated heterocycles. The summed E-state index contributed by atoms with van der Waals surface area (Å²) < 4.78 is 0. The number of carboxylic acid groups (broad SMARTS) is 1. The molecular formula is C23H32N6O6. The number of nitrogens with one attached hydrogen (secondary N) is 4. The van der Waals surface area contributed by atoms with E-state index in [-0.39, 0.29) is 25.2 Å². The molecule has 1 heterocycles. The molecule has 0 aliphatic heterocycles. The first kappa shape index (κ1) is 27.3. The molecule has 2 aromatic rings. The number of rotatable bonds is 13. The lowest BCUT2D eigenvalue weighted by Crippen LogP contribution is -2.57. The Kier molecular flexibility index (Phi) is 9.76. The van der Waals surface area contributed by atoms with Crippen molar-refractivity contribution < 1.29 is 29.1 Å². The Morgan fingerprint density at radius 2 is 1.71 bits per heavy atom. The molecule has 12 heteroatoms. The van der Waals surface area contributed by atoms with E-state index in [4.69, 9.17) is 16.6 Å². The van der Waals surface area contributed by atoms with Crippen molar-refractivity contribution in [2.75, 3.05) is 6.54 Å². The number of aromatic nitrogens is 1. The van der Waals surface area contributed by atoms with Crippen LogP contribution in [0.25, 0.3) is 10.9 Å². The summed E-state index contributed by atoms with van der Waals surface area (Å²) in [5.41, 5.74) is 13.0. The maximum atomic E-state index is 12.9. The number of benzene rings is 1. The number of aliphatic carboxylic acids is 1. The number of primary amides is 1. The van der Waals surface area contributed by atoms with E-state index in [2.05, 4.69) is 20.9 Å². The minimum atomic E-state index is -1.27. The van der Waals surface area contributed by atoms with Gasteiger partial charge in [-0.2, -0.15) is 0 Å². The molecule has 9 N–H and O–H groups in total. The fourth-order valence-electron chi connectivity index (χ4n) is 3.53. The largest absolute Gasteiger partial charge is 0.480 e. The van der Waals surface area contributed by atoms with Crippen LogP contribution < -0.4 is 27.4 Å². The molecule has 0 aliphatic rings. The molecule has 0 bridgehead atoms. The van der Waals surface area contributed by atoms with Gasteiger partial charge in [-0.25, -0.2) is 0 Å². The first-order valence-electron chi connectivity index (χ1n) is 11.2. The maximum absolute atomic E-state index is 12.9. The molecule has 3 unspecified atom stereocenters. The highest BCUT2D eigenvalue weighted by Gasteiger charge is 2.30. The van der Waals surface area contributed by atoms with E-state index < -0.39 is 54.3 Å². The first-order valence-corrected chi connectivity index (χ1v) is 11.2. The van der Waals surface area contributed by atoms with Crippen LogP contribution in [0.2, 0.25) is 0 Å². The Morgan fingerprint density at radius 3 is 2.34 bits per heavy atom. The van der Waals surface area contributed by atoms with Gasteiger partial charge in [0.1, 0.15) is 18.6 Å². The lowest BCUT2D eigenvalue weighted by Gasteiger charge is -2.26. The highest BCUT2D eigenvalue weighted by Crippen LogP contribution is 2.19. The molecule has 2 rings (SSSR count). The number of carbonyl (C=O) groups excluding carboxylic acids is 4. The summed E-state index contributed by atoms with van der Waals surface area (Å²) in [5, 5.41) is 17.0. The number of carbonyl (C=O) groups is 5. The lowest BCUT2D eigenvalue weighted by atomic mass is 10.00. The Labute approximate surface area is 202 Å². The molecule has 0 aliphatic carbocycles. The predicted molar refractivity (Wildman–Crippen MR) is 128 cm³/mol. The van der Waals surface area contributed by atoms with Crippen LogP contribution in [0, 0.1) is 5.92 Å². The van der Waals surface area contributed by atoms with Gasteiger partial charge in [-0.05, 0) is 30.4 Å². The summed E-state index contributed by atoms with van der Waals surface area (Å²) >= 11 is 0. The second-order valence-electron chi connectivity index (χ2n) is 8.58. The third-order valence-corrected chi connectivity index (χ3v) is 5.42. The van der Waals surface area contributed by atoms with Gasteiger partial charge in [-0.15, -0.1) is 0 Å². The number of hydrogen-bond acceptors (Lipinski definition) is 6. The molecule has 4 amide bonds. The molecule has 1 aromatic carbocycles. The number of para-hydroxylation sites is 1. The monoisotopic (exact) mass is 488 g/mol. The number of hydrogen-bond donors (Lipinski definition) is 7. The van der Waals surface area contributed by atoms with Crippen LogP contribution in [-0.4, -0.2) is 64.4 Å². The Hall–Kier alpha value is -3.93. The highest BCUT2D eigenvalue weighted by atomic mass is 16.4. The predicted octanol–water partition coefficient (Wildman–Crippen LogP) is -0.870. The summed E-state index contributed by atoms with van der Waals surface area (Å²) in [6.07, 6.45) is 1.68. The number of carboxylic acids is 1. The van der Waals surface area contributed by atoms with E-state index in [1.807, 2.05) is 24.3 Å². The average molecular weight is 489 g/mol. The lowest BCUT2D eigenvalue weighted by molar-refractivity contribution is -0.138. The number of nitrogens with two attached hydrogens (primary N) is 2. The van der Waals surface area contributed by atoms with Gasteiger partial charge in [0, 0.05) is 23.5 Å².